The van der Waals surface area contributed by atoms with E-state index in [4.69, 9.17) is 71.1 Å². The van der Waals surface area contributed by atoms with Crippen LogP contribution in [-0.2, 0) is 42.0 Å². The zero-order valence-electron chi connectivity index (χ0n) is 42.4. The predicted octanol–water partition coefficient (Wildman–Crippen LogP) is 7.28. The molecule has 0 bridgehead atoms. The lowest BCUT2D eigenvalue weighted by atomic mass is 10.1. The summed E-state index contributed by atoms with van der Waals surface area (Å²) in [5.74, 6) is -0.0430. The summed E-state index contributed by atoms with van der Waals surface area (Å²) < 4.78 is 24.5. The van der Waals surface area contributed by atoms with Gasteiger partial charge in [0.2, 0.25) is 21.1 Å². The van der Waals surface area contributed by atoms with Crippen molar-refractivity contribution in [3.63, 3.8) is 0 Å². The average Bonchev–Trinajstić information content (AvgIpc) is 4.03. The van der Waals surface area contributed by atoms with Gasteiger partial charge in [-0.15, -0.1) is 25.5 Å². The van der Waals surface area contributed by atoms with Gasteiger partial charge in [0.15, 0.2) is 11.6 Å². The molecule has 69 heavy (non-hydrogen) atoms. The van der Waals surface area contributed by atoms with Crippen LogP contribution in [0.2, 0.25) is 72.5 Å². The van der Waals surface area contributed by atoms with Gasteiger partial charge in [0.05, 0.1) is 12.5 Å². The summed E-state index contributed by atoms with van der Waals surface area (Å²) in [6.45, 7) is 31.4. The number of H-pyrrole nitrogens is 2. The standard InChI is InChI=1S/C16H31ClN4O4Si.C9H16O3.C8H16ClN3OSi.C5H9ClN4O.C2H2ClN3/c1-11(18-15(23)25-16(2,3)4)12(22)13-19-20-14(17)21(13)10-24-8-9-26(5,6)7;1-7(6-10)5-8(11)12-9(2,3)4;1-14(2,3)5-4-13-7-12-6-10-11-8(12)9;1-2(7)3(11)4-8-5(6)10-9-4;3-2-4-1-5-6-2/h11-12,22H,8-10H2,1-7H3,(H,18,23);6-7H,5H2,1-4H3;6H,4-5,7H2,1-3H3;2-3,11H,7H2,1H3,(H,8,9,10);1H,(H,4,5,6)/t11-,12?;7-;;2-,3?;/m01.0./s1. The molecule has 0 aliphatic heterocycles. The molecule has 23 nitrogen and oxygen atoms in total. The number of nitrogens with two attached hydrogens (primary N) is 1. The van der Waals surface area contributed by atoms with E-state index in [0.29, 0.717) is 29.7 Å². The maximum Gasteiger partial charge on any atom is 0.407 e. The zero-order chi connectivity index (χ0) is 53.3. The van der Waals surface area contributed by atoms with E-state index in [-0.39, 0.29) is 47.5 Å². The zero-order valence-corrected chi connectivity index (χ0v) is 47.4. The van der Waals surface area contributed by atoms with Crippen molar-refractivity contribution in [2.45, 2.75) is 169 Å². The fourth-order valence-electron chi connectivity index (χ4n) is 4.35. The van der Waals surface area contributed by atoms with Crippen LogP contribution in [0.3, 0.4) is 0 Å². The van der Waals surface area contributed by atoms with Gasteiger partial charge in [-0.3, -0.25) is 19.0 Å². The molecule has 7 N–H and O–H groups in total. The summed E-state index contributed by atoms with van der Waals surface area (Å²) in [7, 11) is -2.18. The number of amides is 1. The van der Waals surface area contributed by atoms with Gasteiger partial charge in [-0.1, -0.05) is 46.2 Å². The van der Waals surface area contributed by atoms with Crippen LogP contribution in [0, 0.1) is 5.92 Å². The lowest BCUT2D eigenvalue weighted by Crippen LogP contribution is -2.41. The second-order valence-electron chi connectivity index (χ2n) is 19.9. The van der Waals surface area contributed by atoms with Crippen LogP contribution in [0.5, 0.6) is 0 Å². The number of esters is 1. The maximum atomic E-state index is 11.9. The molecule has 0 aliphatic rings. The Kier molecular flexibility index (Phi) is 30.0. The Morgan fingerprint density at radius 1 is 0.841 bits per heavy atom. The van der Waals surface area contributed by atoms with Gasteiger partial charge in [0.25, 0.3) is 0 Å². The van der Waals surface area contributed by atoms with E-state index >= 15 is 0 Å². The Hall–Kier alpha value is -3.64. The van der Waals surface area contributed by atoms with E-state index in [1.165, 1.54) is 10.9 Å². The van der Waals surface area contributed by atoms with Gasteiger partial charge in [0, 0.05) is 41.3 Å². The first-order valence-corrected chi connectivity index (χ1v) is 30.7. The Labute approximate surface area is 427 Å². The number of aromatic nitrogens is 12. The number of hydrogen-bond donors (Lipinski definition) is 6. The molecule has 5 atom stereocenters. The van der Waals surface area contributed by atoms with Crippen LogP contribution in [-0.4, -0.2) is 141 Å². The Bertz CT molecular complexity index is 2040. The van der Waals surface area contributed by atoms with Crippen molar-refractivity contribution in [1.29, 1.82) is 0 Å². The molecule has 0 saturated carbocycles. The number of ether oxygens (including phenoxy) is 4. The topological polar surface area (TPSA) is 311 Å². The molecular formula is C40H74Cl4N14O9Si2. The quantitative estimate of drug-likeness (QED) is 0.0247. The third-order valence-corrected chi connectivity index (χ3v) is 12.3. The molecule has 394 valence electrons. The molecule has 29 heteroatoms. The lowest BCUT2D eigenvalue weighted by molar-refractivity contribution is -0.156. The highest BCUT2D eigenvalue weighted by molar-refractivity contribution is 6.76. The van der Waals surface area contributed by atoms with Crippen molar-refractivity contribution in [3.8, 4) is 0 Å². The smallest absolute Gasteiger partial charge is 0.407 e. The van der Waals surface area contributed by atoms with Crippen molar-refractivity contribution in [1.82, 2.24) is 65.2 Å². The second-order valence-corrected chi connectivity index (χ2v) is 32.5. The van der Waals surface area contributed by atoms with Gasteiger partial charge in [0.1, 0.15) is 55.8 Å². The number of halogens is 4. The fourth-order valence-corrected chi connectivity index (χ4v) is 6.40. The van der Waals surface area contributed by atoms with Gasteiger partial charge < -0.3 is 45.0 Å². The van der Waals surface area contributed by atoms with Crippen LogP contribution in [0.1, 0.15) is 92.6 Å². The number of rotatable bonds is 18. The number of hydrogen-bond acceptors (Lipinski definition) is 18. The van der Waals surface area contributed by atoms with Crippen molar-refractivity contribution >= 4 is 80.9 Å². The van der Waals surface area contributed by atoms with Crippen LogP contribution in [0.4, 0.5) is 4.79 Å². The predicted molar refractivity (Wildman–Crippen MR) is 269 cm³/mol. The second kappa shape index (κ2) is 31.6. The molecule has 4 aromatic heterocycles. The van der Waals surface area contributed by atoms with Crippen LogP contribution in [0.25, 0.3) is 0 Å². The minimum Gasteiger partial charge on any atom is -0.460 e. The van der Waals surface area contributed by atoms with Gasteiger partial charge in [-0.25, -0.2) is 14.9 Å². The highest BCUT2D eigenvalue weighted by atomic mass is 35.5. The Morgan fingerprint density at radius 3 is 1.81 bits per heavy atom. The molecule has 0 spiro atoms. The summed E-state index contributed by atoms with van der Waals surface area (Å²) in [5, 5.41) is 50.2. The van der Waals surface area contributed by atoms with Crippen molar-refractivity contribution in [3.05, 3.63) is 45.4 Å². The number of aliphatic hydroxyl groups is 2. The minimum atomic E-state index is -1.19. The number of alkyl carbamates (subject to hydrolysis) is 1. The van der Waals surface area contributed by atoms with E-state index in [1.54, 1.807) is 73.2 Å². The van der Waals surface area contributed by atoms with Crippen molar-refractivity contribution in [2.75, 3.05) is 13.2 Å². The Morgan fingerprint density at radius 2 is 1.41 bits per heavy atom. The summed E-state index contributed by atoms with van der Waals surface area (Å²) in [4.78, 5) is 40.3. The largest absolute Gasteiger partial charge is 0.460 e. The van der Waals surface area contributed by atoms with Crippen LogP contribution < -0.4 is 11.1 Å². The molecule has 0 aromatic carbocycles. The number of aldehydes is 1. The summed E-state index contributed by atoms with van der Waals surface area (Å²) in [6.07, 6.45) is 1.27. The molecule has 4 heterocycles. The number of nitrogens with one attached hydrogen (secondary N) is 3. The van der Waals surface area contributed by atoms with E-state index < -0.39 is 51.7 Å². The molecule has 0 radical (unpaired) electrons. The molecule has 0 fully saturated rings. The van der Waals surface area contributed by atoms with E-state index in [2.05, 4.69) is 95.4 Å². The van der Waals surface area contributed by atoms with Crippen LogP contribution in [0.15, 0.2) is 12.7 Å². The third-order valence-electron chi connectivity index (χ3n) is 8.01. The highest BCUT2D eigenvalue weighted by Crippen LogP contribution is 2.20. The normalized spacial score (nSPS) is 13.8. The first-order valence-electron chi connectivity index (χ1n) is 21.8. The molecule has 4 aromatic rings. The summed E-state index contributed by atoms with van der Waals surface area (Å²) >= 11 is 22.4. The lowest BCUT2D eigenvalue weighted by Gasteiger charge is -2.24. The molecular weight excluding hydrogens is 1020 g/mol. The molecule has 4 rings (SSSR count). The number of aliphatic hydroxyl groups excluding tert-OH is 2. The average molecular weight is 1090 g/mol. The van der Waals surface area contributed by atoms with Gasteiger partial charge in [-0.2, -0.15) is 10.1 Å². The summed E-state index contributed by atoms with van der Waals surface area (Å²) in [6, 6.07) is 1.14. The van der Waals surface area contributed by atoms with E-state index in [0.717, 1.165) is 25.0 Å². The molecule has 2 unspecified atom stereocenters. The van der Waals surface area contributed by atoms with Crippen LogP contribution >= 0.6 is 46.4 Å². The maximum absolute atomic E-state index is 11.9. The van der Waals surface area contributed by atoms with Crippen molar-refractivity contribution in [2.24, 2.45) is 11.7 Å². The molecule has 1 amide bonds. The molecule has 0 saturated heterocycles. The van der Waals surface area contributed by atoms with E-state index in [9.17, 15) is 24.6 Å². The third kappa shape index (κ3) is 32.8. The Balaban J connectivity index is 0.000000909. The number of aromatic amines is 2. The van der Waals surface area contributed by atoms with Gasteiger partial charge >= 0.3 is 12.1 Å². The van der Waals surface area contributed by atoms with Crippen molar-refractivity contribution < 1.29 is 43.5 Å². The van der Waals surface area contributed by atoms with Gasteiger partial charge in [-0.05, 0) is 114 Å². The van der Waals surface area contributed by atoms with E-state index in [1.807, 2.05) is 0 Å². The monoisotopic (exact) mass is 1090 g/mol. The summed E-state index contributed by atoms with van der Waals surface area (Å²) in [5.41, 5.74) is 4.31. The molecule has 0 aliphatic carbocycles. The first kappa shape index (κ1) is 65.4. The first-order chi connectivity index (χ1) is 31.6. The number of carbonyl (C=O) groups excluding carboxylic acids is 3. The SMILES string of the molecule is C[C@@H](C=O)CC(=O)OC(C)(C)C.C[C@H](N)C(O)c1nc(Cl)n[nH]1.C[C@H](NC(=O)OC(C)(C)C)C(O)c1nnc(Cl)n1COCC[Si](C)(C)C.C[Si](C)(C)CCOCn1cnnc1Cl.Clc1ncn[nH]1. The number of carbonyl (C=O) groups is 3. The highest BCUT2D eigenvalue weighted by Gasteiger charge is 2.27. The fraction of sp³-hybridized carbons (Fsp3) is 0.725. The minimum absolute atomic E-state index is 0.0831. The number of nitrogens with zero attached hydrogens (tertiary/aromatic N) is 10.